The summed E-state index contributed by atoms with van der Waals surface area (Å²) in [6.45, 7) is 1.16. The number of hydrogen-bond acceptors (Lipinski definition) is 4. The Morgan fingerprint density at radius 3 is 2.60 bits per heavy atom. The number of hydrogen-bond donors (Lipinski definition) is 2. The lowest BCUT2D eigenvalue weighted by Gasteiger charge is -2.32. The summed E-state index contributed by atoms with van der Waals surface area (Å²) in [6.07, 6.45) is 0. The van der Waals surface area contributed by atoms with E-state index in [1.165, 1.54) is 4.90 Å². The second-order valence-electron chi connectivity index (χ2n) is 5.05. The van der Waals surface area contributed by atoms with Crippen LogP contribution in [0.1, 0.15) is 17.0 Å². The Kier molecular flexibility index (Phi) is 3.23. The van der Waals surface area contributed by atoms with Crippen LogP contribution in [0.3, 0.4) is 0 Å². The van der Waals surface area contributed by atoms with Gasteiger partial charge in [0.2, 0.25) is 17.7 Å². The first kappa shape index (κ1) is 12.8. The van der Waals surface area contributed by atoms with Crippen LogP contribution in [0.15, 0.2) is 24.3 Å². The normalized spacial score (nSPS) is 22.2. The number of nitrogens with zero attached hydrogens (tertiary/aromatic N) is 1. The fraction of sp³-hybridized carbons (Fsp3) is 0.357. The third-order valence-electron chi connectivity index (χ3n) is 3.65. The topological polar surface area (TPSA) is 78.5 Å². The molecule has 2 N–H and O–H groups in total. The molecular weight excluding hydrogens is 258 g/mol. The maximum absolute atomic E-state index is 12.6. The monoisotopic (exact) mass is 273 g/mol. The lowest BCUT2D eigenvalue weighted by Crippen LogP contribution is -2.55. The molecule has 6 nitrogen and oxygen atoms in total. The number of nitrogens with one attached hydrogen (secondary N) is 2. The number of imide groups is 1. The van der Waals surface area contributed by atoms with Gasteiger partial charge < -0.3 is 10.2 Å². The zero-order valence-corrected chi connectivity index (χ0v) is 10.9. The zero-order valence-electron chi connectivity index (χ0n) is 10.9. The molecular formula is C14H15N3O3. The molecule has 1 fully saturated rings. The smallest absolute Gasteiger partial charge is 0.246 e. The second kappa shape index (κ2) is 5.05. The van der Waals surface area contributed by atoms with Crippen molar-refractivity contribution in [1.82, 2.24) is 15.5 Å². The van der Waals surface area contributed by atoms with E-state index in [2.05, 4.69) is 10.6 Å². The van der Waals surface area contributed by atoms with E-state index in [1.807, 2.05) is 24.3 Å². The number of rotatable bonds is 1. The predicted octanol–water partition coefficient (Wildman–Crippen LogP) is -0.642. The van der Waals surface area contributed by atoms with E-state index in [9.17, 15) is 14.4 Å². The van der Waals surface area contributed by atoms with Gasteiger partial charge in [-0.1, -0.05) is 24.3 Å². The maximum atomic E-state index is 12.6. The fourth-order valence-corrected chi connectivity index (χ4v) is 2.73. The van der Waals surface area contributed by atoms with Crippen LogP contribution in [0.2, 0.25) is 0 Å². The van der Waals surface area contributed by atoms with Crippen molar-refractivity contribution in [1.29, 1.82) is 0 Å². The van der Waals surface area contributed by atoms with Gasteiger partial charge in [0.15, 0.2) is 0 Å². The molecule has 1 aromatic carbocycles. The number of carbonyl (C=O) groups is 3. The summed E-state index contributed by atoms with van der Waals surface area (Å²) in [4.78, 5) is 36.6. The average molecular weight is 273 g/mol. The number of fused-ring (bicyclic) bond motifs is 1. The van der Waals surface area contributed by atoms with Crippen molar-refractivity contribution in [3.8, 4) is 0 Å². The molecule has 20 heavy (non-hydrogen) atoms. The van der Waals surface area contributed by atoms with Gasteiger partial charge in [-0.15, -0.1) is 0 Å². The Bertz CT molecular complexity index is 569. The van der Waals surface area contributed by atoms with Crippen molar-refractivity contribution in [2.24, 2.45) is 0 Å². The largest absolute Gasteiger partial charge is 0.323 e. The molecule has 0 saturated carbocycles. The van der Waals surface area contributed by atoms with Gasteiger partial charge in [-0.3, -0.25) is 19.7 Å². The molecule has 0 bridgehead atoms. The van der Waals surface area contributed by atoms with Crippen molar-refractivity contribution in [3.63, 3.8) is 0 Å². The van der Waals surface area contributed by atoms with Gasteiger partial charge in [0.05, 0.1) is 5.92 Å². The summed E-state index contributed by atoms with van der Waals surface area (Å²) in [5, 5.41) is 5.40. The average Bonchev–Trinajstić information content (AvgIpc) is 2.45. The molecule has 1 saturated heterocycles. The molecule has 1 unspecified atom stereocenters. The van der Waals surface area contributed by atoms with E-state index in [1.54, 1.807) is 0 Å². The minimum absolute atomic E-state index is 0.0523. The SMILES string of the molecule is O=C1CN(C(=O)C2CNCc3ccccc32)CC(=O)N1. The van der Waals surface area contributed by atoms with Gasteiger partial charge in [-0.05, 0) is 11.1 Å². The van der Waals surface area contributed by atoms with E-state index in [4.69, 9.17) is 0 Å². The second-order valence-corrected chi connectivity index (χ2v) is 5.05. The highest BCUT2D eigenvalue weighted by Crippen LogP contribution is 2.25. The number of benzene rings is 1. The molecule has 0 aliphatic carbocycles. The molecule has 1 atom stereocenters. The molecule has 1 aromatic rings. The summed E-state index contributed by atoms with van der Waals surface area (Å²) in [5.74, 6) is -1.36. The lowest BCUT2D eigenvalue weighted by atomic mass is 9.89. The molecule has 2 aliphatic heterocycles. The van der Waals surface area contributed by atoms with Gasteiger partial charge >= 0.3 is 0 Å². The van der Waals surface area contributed by atoms with Crippen LogP contribution in [0.4, 0.5) is 0 Å². The van der Waals surface area contributed by atoms with E-state index < -0.39 is 11.8 Å². The minimum Gasteiger partial charge on any atom is -0.323 e. The predicted molar refractivity (Wildman–Crippen MR) is 70.6 cm³/mol. The van der Waals surface area contributed by atoms with Gasteiger partial charge in [0, 0.05) is 13.1 Å². The Labute approximate surface area is 116 Å². The Balaban J connectivity index is 1.85. The summed E-state index contributed by atoms with van der Waals surface area (Å²) in [7, 11) is 0. The third-order valence-corrected chi connectivity index (χ3v) is 3.65. The van der Waals surface area contributed by atoms with E-state index in [-0.39, 0.29) is 24.9 Å². The fourth-order valence-electron chi connectivity index (χ4n) is 2.73. The highest BCUT2D eigenvalue weighted by atomic mass is 16.2. The molecule has 2 heterocycles. The van der Waals surface area contributed by atoms with Crippen LogP contribution in [-0.2, 0) is 20.9 Å². The molecule has 0 radical (unpaired) electrons. The number of carbonyl (C=O) groups excluding carboxylic acids is 3. The number of piperazine rings is 1. The van der Waals surface area contributed by atoms with Crippen LogP contribution in [0.5, 0.6) is 0 Å². The molecule has 3 rings (SSSR count). The van der Waals surface area contributed by atoms with Crippen molar-refractivity contribution in [3.05, 3.63) is 35.4 Å². The van der Waals surface area contributed by atoms with E-state index in [0.717, 1.165) is 17.7 Å². The molecule has 0 spiro atoms. The maximum Gasteiger partial charge on any atom is 0.246 e. The van der Waals surface area contributed by atoms with Gasteiger partial charge in [-0.2, -0.15) is 0 Å². The highest BCUT2D eigenvalue weighted by molar-refractivity contribution is 6.03. The summed E-state index contributed by atoms with van der Waals surface area (Å²) >= 11 is 0. The summed E-state index contributed by atoms with van der Waals surface area (Å²) in [5.41, 5.74) is 2.07. The Hall–Kier alpha value is -2.21. The quantitative estimate of drug-likeness (QED) is 0.667. The molecule has 3 amide bonds. The van der Waals surface area contributed by atoms with Crippen LogP contribution >= 0.6 is 0 Å². The molecule has 104 valence electrons. The van der Waals surface area contributed by atoms with Crippen molar-refractivity contribution >= 4 is 17.7 Å². The van der Waals surface area contributed by atoms with E-state index >= 15 is 0 Å². The van der Waals surface area contributed by atoms with Crippen LogP contribution in [0, 0.1) is 0 Å². The third kappa shape index (κ3) is 2.30. The molecule has 2 aliphatic rings. The van der Waals surface area contributed by atoms with Gasteiger partial charge in [0.1, 0.15) is 13.1 Å². The van der Waals surface area contributed by atoms with Crippen molar-refractivity contribution in [2.45, 2.75) is 12.5 Å². The lowest BCUT2D eigenvalue weighted by molar-refractivity contribution is -0.146. The molecule has 0 aromatic heterocycles. The first-order valence-electron chi connectivity index (χ1n) is 6.55. The van der Waals surface area contributed by atoms with E-state index in [0.29, 0.717) is 6.54 Å². The van der Waals surface area contributed by atoms with Gasteiger partial charge in [0.25, 0.3) is 0 Å². The van der Waals surface area contributed by atoms with Gasteiger partial charge in [-0.25, -0.2) is 0 Å². The highest BCUT2D eigenvalue weighted by Gasteiger charge is 2.33. The standard InChI is InChI=1S/C14H15N3O3/c18-12-7-17(8-13(19)16-12)14(20)11-6-15-5-9-3-1-2-4-10(9)11/h1-4,11,15H,5-8H2,(H,16,18,19). The molecule has 6 heteroatoms. The Morgan fingerprint density at radius 2 is 1.85 bits per heavy atom. The minimum atomic E-state index is -0.424. The van der Waals surface area contributed by atoms with Crippen molar-refractivity contribution in [2.75, 3.05) is 19.6 Å². The Morgan fingerprint density at radius 1 is 1.15 bits per heavy atom. The first-order valence-corrected chi connectivity index (χ1v) is 6.55. The van der Waals surface area contributed by atoms with Crippen LogP contribution < -0.4 is 10.6 Å². The van der Waals surface area contributed by atoms with Crippen molar-refractivity contribution < 1.29 is 14.4 Å². The number of amides is 3. The summed E-state index contributed by atoms with van der Waals surface area (Å²) < 4.78 is 0. The van der Waals surface area contributed by atoms with Crippen LogP contribution in [-0.4, -0.2) is 42.3 Å². The van der Waals surface area contributed by atoms with Crippen LogP contribution in [0.25, 0.3) is 0 Å². The zero-order chi connectivity index (χ0) is 14.1. The summed E-state index contributed by atoms with van der Waals surface area (Å²) in [6, 6.07) is 7.75. The first-order chi connectivity index (χ1) is 9.65.